The average molecular weight is 218 g/mol. The van der Waals surface area contributed by atoms with E-state index in [2.05, 4.69) is 6.92 Å². The van der Waals surface area contributed by atoms with E-state index in [-0.39, 0.29) is 5.91 Å². The maximum absolute atomic E-state index is 11.6. The van der Waals surface area contributed by atoms with E-state index in [1.54, 1.807) is 6.92 Å². The van der Waals surface area contributed by atoms with Crippen molar-refractivity contribution in [3.05, 3.63) is 0 Å². The highest BCUT2D eigenvalue weighted by atomic mass is 35.5. The molecule has 0 aromatic carbocycles. The number of hydrogen-bond acceptors (Lipinski definition) is 1. The zero-order valence-electron chi connectivity index (χ0n) is 9.29. The highest BCUT2D eigenvalue weighted by Crippen LogP contribution is 2.27. The molecule has 3 unspecified atom stereocenters. The lowest BCUT2D eigenvalue weighted by molar-refractivity contribution is -0.132. The largest absolute Gasteiger partial charge is 0.341 e. The summed E-state index contributed by atoms with van der Waals surface area (Å²) >= 11 is 5.79. The molecule has 0 aromatic rings. The average Bonchev–Trinajstić information content (AvgIpc) is 2.15. The van der Waals surface area contributed by atoms with E-state index in [0.29, 0.717) is 6.04 Å². The highest BCUT2D eigenvalue weighted by Gasteiger charge is 2.26. The van der Waals surface area contributed by atoms with Crippen LogP contribution in [0.15, 0.2) is 0 Å². The van der Waals surface area contributed by atoms with Gasteiger partial charge < -0.3 is 4.90 Å². The third kappa shape index (κ3) is 2.88. The smallest absolute Gasteiger partial charge is 0.240 e. The van der Waals surface area contributed by atoms with Crippen molar-refractivity contribution in [3.63, 3.8) is 0 Å². The second kappa shape index (κ2) is 5.01. The van der Waals surface area contributed by atoms with Crippen LogP contribution in [0.3, 0.4) is 0 Å². The number of amides is 1. The summed E-state index contributed by atoms with van der Waals surface area (Å²) in [5, 5.41) is -0.391. The summed E-state index contributed by atoms with van der Waals surface area (Å²) in [6.07, 6.45) is 4.80. The lowest BCUT2D eigenvalue weighted by Gasteiger charge is -2.34. The van der Waals surface area contributed by atoms with Crippen LogP contribution in [0.4, 0.5) is 0 Å². The Labute approximate surface area is 91.6 Å². The first-order chi connectivity index (χ1) is 6.52. The van der Waals surface area contributed by atoms with Gasteiger partial charge in [0, 0.05) is 13.1 Å². The minimum absolute atomic E-state index is 0.0609. The number of hydrogen-bond donors (Lipinski definition) is 0. The molecule has 14 heavy (non-hydrogen) atoms. The van der Waals surface area contributed by atoms with Crippen molar-refractivity contribution in [1.82, 2.24) is 4.90 Å². The summed E-state index contributed by atoms with van der Waals surface area (Å²) in [5.74, 6) is 0.806. The van der Waals surface area contributed by atoms with Crippen LogP contribution in [0.25, 0.3) is 0 Å². The quantitative estimate of drug-likeness (QED) is 0.652. The fourth-order valence-electron chi connectivity index (χ4n) is 2.21. The van der Waals surface area contributed by atoms with Gasteiger partial charge in [-0.2, -0.15) is 0 Å². The molecule has 3 heteroatoms. The van der Waals surface area contributed by atoms with Crippen LogP contribution < -0.4 is 0 Å². The van der Waals surface area contributed by atoms with Crippen molar-refractivity contribution in [2.24, 2.45) is 5.92 Å². The number of carbonyl (C=O) groups excluding carboxylic acids is 1. The molecule has 1 aliphatic carbocycles. The van der Waals surface area contributed by atoms with E-state index in [4.69, 9.17) is 11.6 Å². The van der Waals surface area contributed by atoms with Crippen LogP contribution in [0.2, 0.25) is 0 Å². The second-order valence-electron chi connectivity index (χ2n) is 4.49. The predicted molar refractivity (Wildman–Crippen MR) is 59.5 cm³/mol. The minimum atomic E-state index is -0.391. The highest BCUT2D eigenvalue weighted by molar-refractivity contribution is 6.30. The Hall–Kier alpha value is -0.240. The molecule has 82 valence electrons. The maximum Gasteiger partial charge on any atom is 0.240 e. The normalized spacial score (nSPS) is 29.7. The van der Waals surface area contributed by atoms with Crippen molar-refractivity contribution in [2.75, 3.05) is 7.05 Å². The second-order valence-corrected chi connectivity index (χ2v) is 5.15. The van der Waals surface area contributed by atoms with Crippen LogP contribution in [-0.2, 0) is 4.79 Å². The standard InChI is InChI=1S/C11H20ClNO/c1-8-5-4-6-10(7-8)13(3)11(14)9(2)12/h8-10H,4-7H2,1-3H3. The van der Waals surface area contributed by atoms with Gasteiger partial charge in [-0.15, -0.1) is 11.6 Å². The summed E-state index contributed by atoms with van der Waals surface area (Å²) in [7, 11) is 1.88. The summed E-state index contributed by atoms with van der Waals surface area (Å²) in [4.78, 5) is 13.5. The van der Waals surface area contributed by atoms with Crippen molar-refractivity contribution in [2.45, 2.75) is 50.9 Å². The Kier molecular flexibility index (Phi) is 4.24. The van der Waals surface area contributed by atoms with Crippen LogP contribution in [0.5, 0.6) is 0 Å². The Balaban J connectivity index is 2.51. The topological polar surface area (TPSA) is 20.3 Å². The molecule has 1 rings (SSSR count). The predicted octanol–water partition coefficient (Wildman–Crippen LogP) is 2.65. The van der Waals surface area contributed by atoms with Gasteiger partial charge in [-0.3, -0.25) is 4.79 Å². The van der Waals surface area contributed by atoms with E-state index < -0.39 is 5.38 Å². The summed E-state index contributed by atoms with van der Waals surface area (Å²) in [5.41, 5.74) is 0. The molecule has 3 atom stereocenters. The number of rotatable bonds is 2. The van der Waals surface area contributed by atoms with Crippen molar-refractivity contribution in [1.29, 1.82) is 0 Å². The monoisotopic (exact) mass is 217 g/mol. The SMILES string of the molecule is CC1CCCC(N(C)C(=O)C(C)Cl)C1. The molecule has 0 bridgehead atoms. The van der Waals surface area contributed by atoms with E-state index >= 15 is 0 Å². The first-order valence-electron chi connectivity index (χ1n) is 5.43. The number of carbonyl (C=O) groups is 1. The lowest BCUT2D eigenvalue weighted by Crippen LogP contribution is -2.42. The van der Waals surface area contributed by atoms with Crippen LogP contribution in [0, 0.1) is 5.92 Å². The molecule has 1 amide bonds. The van der Waals surface area contributed by atoms with Crippen molar-refractivity contribution >= 4 is 17.5 Å². The number of nitrogens with zero attached hydrogens (tertiary/aromatic N) is 1. The van der Waals surface area contributed by atoms with Gasteiger partial charge in [0.15, 0.2) is 0 Å². The number of alkyl halides is 1. The Morgan fingerprint density at radius 2 is 2.14 bits per heavy atom. The molecule has 0 heterocycles. The first kappa shape index (κ1) is 11.8. The van der Waals surface area contributed by atoms with Gasteiger partial charge in [0.05, 0.1) is 0 Å². The lowest BCUT2D eigenvalue weighted by atomic mass is 9.86. The van der Waals surface area contributed by atoms with Crippen molar-refractivity contribution < 1.29 is 4.79 Å². The summed E-state index contributed by atoms with van der Waals surface area (Å²) in [6, 6.07) is 0.410. The van der Waals surface area contributed by atoms with E-state index in [1.165, 1.54) is 12.8 Å². The van der Waals surface area contributed by atoms with Crippen LogP contribution in [0.1, 0.15) is 39.5 Å². The molecule has 1 fully saturated rings. The van der Waals surface area contributed by atoms with Gasteiger partial charge in [-0.1, -0.05) is 19.8 Å². The fourth-order valence-corrected chi connectivity index (χ4v) is 2.37. The summed E-state index contributed by atoms with van der Waals surface area (Å²) < 4.78 is 0. The molecule has 0 N–H and O–H groups in total. The molecule has 1 saturated carbocycles. The summed E-state index contributed by atoms with van der Waals surface area (Å²) in [6.45, 7) is 4.00. The van der Waals surface area contributed by atoms with Crippen LogP contribution in [-0.4, -0.2) is 29.3 Å². The zero-order valence-corrected chi connectivity index (χ0v) is 10.0. The van der Waals surface area contributed by atoms with E-state index in [9.17, 15) is 4.79 Å². The van der Waals surface area contributed by atoms with Gasteiger partial charge >= 0.3 is 0 Å². The molecule has 0 aromatic heterocycles. The number of halogens is 1. The van der Waals surface area contributed by atoms with Gasteiger partial charge in [-0.05, 0) is 25.7 Å². The minimum Gasteiger partial charge on any atom is -0.341 e. The maximum atomic E-state index is 11.6. The third-order valence-electron chi connectivity index (χ3n) is 3.14. The van der Waals surface area contributed by atoms with Gasteiger partial charge in [0.25, 0.3) is 0 Å². The van der Waals surface area contributed by atoms with Gasteiger partial charge in [-0.25, -0.2) is 0 Å². The van der Waals surface area contributed by atoms with Crippen molar-refractivity contribution in [3.8, 4) is 0 Å². The van der Waals surface area contributed by atoms with E-state index in [0.717, 1.165) is 18.8 Å². The van der Waals surface area contributed by atoms with Crippen LogP contribution >= 0.6 is 11.6 Å². The first-order valence-corrected chi connectivity index (χ1v) is 5.86. The molecule has 0 aliphatic heterocycles. The molecule has 2 nitrogen and oxygen atoms in total. The zero-order chi connectivity index (χ0) is 10.7. The van der Waals surface area contributed by atoms with Gasteiger partial charge in [0.2, 0.25) is 5.91 Å². The molecule has 0 radical (unpaired) electrons. The Bertz CT molecular complexity index is 205. The van der Waals surface area contributed by atoms with Gasteiger partial charge in [0.1, 0.15) is 5.38 Å². The molecule has 0 spiro atoms. The fraction of sp³-hybridized carbons (Fsp3) is 0.909. The molecular weight excluding hydrogens is 198 g/mol. The molecular formula is C11H20ClNO. The molecule has 1 aliphatic rings. The van der Waals surface area contributed by atoms with E-state index in [1.807, 2.05) is 11.9 Å². The Morgan fingerprint density at radius 1 is 1.50 bits per heavy atom. The molecule has 0 saturated heterocycles. The Morgan fingerprint density at radius 3 is 2.64 bits per heavy atom. The third-order valence-corrected chi connectivity index (χ3v) is 3.33.